The molecule has 1 aromatic carbocycles. The molecule has 2 atom stereocenters. The minimum atomic E-state index is -0.256. The summed E-state index contributed by atoms with van der Waals surface area (Å²) < 4.78 is 18.8. The maximum absolute atomic E-state index is 13.8. The zero-order chi connectivity index (χ0) is 26.9. The van der Waals surface area contributed by atoms with E-state index < -0.39 is 0 Å². The van der Waals surface area contributed by atoms with Crippen LogP contribution in [0.25, 0.3) is 0 Å². The second-order valence-electron chi connectivity index (χ2n) is 11.5. The molecule has 3 aliphatic rings. The minimum Gasteiger partial charge on any atom is -0.372 e. The number of amides is 2. The number of fused-ring (bicyclic) bond motifs is 1. The van der Waals surface area contributed by atoms with Crippen molar-refractivity contribution in [3.05, 3.63) is 59.2 Å². The van der Waals surface area contributed by atoms with E-state index in [1.165, 1.54) is 12.1 Å². The van der Waals surface area contributed by atoms with Gasteiger partial charge in [-0.05, 0) is 49.1 Å². The molecular formula is C29H39ClFN5O3. The van der Waals surface area contributed by atoms with E-state index in [0.29, 0.717) is 32.7 Å². The second-order valence-corrected chi connectivity index (χ2v) is 11.5. The first-order valence-electron chi connectivity index (χ1n) is 13.6. The van der Waals surface area contributed by atoms with Gasteiger partial charge in [0.05, 0.1) is 17.9 Å². The normalized spacial score (nSPS) is 23.2. The summed E-state index contributed by atoms with van der Waals surface area (Å²) in [6.45, 7) is 10.7. The molecule has 1 N–H and O–H groups in total. The first-order chi connectivity index (χ1) is 18.2. The lowest BCUT2D eigenvalue weighted by atomic mass is 9.91. The summed E-state index contributed by atoms with van der Waals surface area (Å²) in [4.78, 5) is 37.1. The molecule has 4 heterocycles. The van der Waals surface area contributed by atoms with Crippen LogP contribution in [0.4, 0.5) is 10.1 Å². The van der Waals surface area contributed by atoms with E-state index in [-0.39, 0.29) is 60.7 Å². The van der Waals surface area contributed by atoms with Gasteiger partial charge < -0.3 is 19.9 Å². The van der Waals surface area contributed by atoms with Crippen LogP contribution in [0.1, 0.15) is 44.0 Å². The predicted molar refractivity (Wildman–Crippen MR) is 151 cm³/mol. The molecule has 0 unspecified atom stereocenters. The van der Waals surface area contributed by atoms with Crippen molar-refractivity contribution in [2.75, 3.05) is 57.4 Å². The molecule has 5 rings (SSSR count). The van der Waals surface area contributed by atoms with Crippen LogP contribution in [-0.2, 0) is 26.2 Å². The summed E-state index contributed by atoms with van der Waals surface area (Å²) in [5.41, 5.74) is 3.51. The summed E-state index contributed by atoms with van der Waals surface area (Å²) in [7, 11) is 0. The highest BCUT2D eigenvalue weighted by atomic mass is 35.5. The van der Waals surface area contributed by atoms with E-state index in [0.717, 1.165) is 42.0 Å². The van der Waals surface area contributed by atoms with Gasteiger partial charge in [0.1, 0.15) is 12.4 Å². The number of hydrogen-bond acceptors (Lipinski definition) is 6. The predicted octanol–water partition coefficient (Wildman–Crippen LogP) is 2.77. The van der Waals surface area contributed by atoms with Crippen LogP contribution in [0.2, 0.25) is 0 Å². The molecule has 10 heteroatoms. The average molecular weight is 560 g/mol. The van der Waals surface area contributed by atoms with Crippen molar-refractivity contribution >= 4 is 29.9 Å². The van der Waals surface area contributed by atoms with Crippen LogP contribution >= 0.6 is 12.4 Å². The Balaban J connectivity index is 0.00000353. The Hall–Kier alpha value is -2.59. The van der Waals surface area contributed by atoms with E-state index in [1.54, 1.807) is 12.1 Å². The SMILES string of the molecule is C[C@@H]1CN(CC(=O)N2CC(C)(C)c3ncc(Cc4ccc(F)cc4)cc32)[C@@H](CN2CCCOCC2=O)CN1.Cl. The molecule has 0 radical (unpaired) electrons. The van der Waals surface area contributed by atoms with Crippen molar-refractivity contribution in [2.24, 2.45) is 0 Å². The van der Waals surface area contributed by atoms with Gasteiger partial charge in [-0.25, -0.2) is 4.39 Å². The molecule has 212 valence electrons. The Morgan fingerprint density at radius 2 is 2.00 bits per heavy atom. The van der Waals surface area contributed by atoms with Gasteiger partial charge in [-0.3, -0.25) is 19.5 Å². The van der Waals surface area contributed by atoms with E-state index in [4.69, 9.17) is 9.72 Å². The van der Waals surface area contributed by atoms with Gasteiger partial charge >= 0.3 is 0 Å². The lowest BCUT2D eigenvalue weighted by Crippen LogP contribution is -2.61. The van der Waals surface area contributed by atoms with Crippen LogP contribution < -0.4 is 10.2 Å². The second kappa shape index (κ2) is 12.3. The van der Waals surface area contributed by atoms with Crippen LogP contribution in [0.3, 0.4) is 0 Å². The fourth-order valence-electron chi connectivity index (χ4n) is 5.78. The fraction of sp³-hybridized carbons (Fsp3) is 0.552. The standard InChI is InChI=1S/C29H38FN5O3.ClH/c1-20-15-34(24(14-31-20)16-33-9-4-10-38-18-27(33)37)17-26(36)35-19-29(2,3)28-25(35)12-22(13-32-28)11-21-5-7-23(30)8-6-21;/h5-8,12-13,20,24,31H,4,9-11,14-19H2,1-3H3;1H/t20-,24-;/m1./s1. The first-order valence-corrected chi connectivity index (χ1v) is 13.6. The number of rotatable bonds is 6. The van der Waals surface area contributed by atoms with Crippen molar-refractivity contribution in [1.82, 2.24) is 20.1 Å². The van der Waals surface area contributed by atoms with Gasteiger partial charge in [-0.1, -0.05) is 26.0 Å². The lowest BCUT2D eigenvalue weighted by Gasteiger charge is -2.41. The molecule has 8 nitrogen and oxygen atoms in total. The van der Waals surface area contributed by atoms with Crippen molar-refractivity contribution in [2.45, 2.75) is 51.1 Å². The highest BCUT2D eigenvalue weighted by molar-refractivity contribution is 5.97. The largest absolute Gasteiger partial charge is 0.372 e. The molecule has 0 spiro atoms. The molecule has 0 aliphatic carbocycles. The zero-order valence-corrected chi connectivity index (χ0v) is 23.8. The molecule has 3 aliphatic heterocycles. The van der Waals surface area contributed by atoms with Gasteiger partial charge in [-0.2, -0.15) is 0 Å². The lowest BCUT2D eigenvalue weighted by molar-refractivity contribution is -0.134. The molecule has 2 amide bonds. The molecule has 2 saturated heterocycles. The number of anilines is 1. The van der Waals surface area contributed by atoms with Crippen LogP contribution in [0, 0.1) is 5.82 Å². The van der Waals surface area contributed by atoms with Crippen molar-refractivity contribution in [3.63, 3.8) is 0 Å². The Bertz CT molecular complexity index is 1180. The summed E-state index contributed by atoms with van der Waals surface area (Å²) in [5, 5.41) is 3.52. The number of piperazine rings is 1. The smallest absolute Gasteiger partial charge is 0.248 e. The highest BCUT2D eigenvalue weighted by Gasteiger charge is 2.41. The van der Waals surface area contributed by atoms with E-state index in [9.17, 15) is 14.0 Å². The fourth-order valence-corrected chi connectivity index (χ4v) is 5.78. The number of benzene rings is 1. The number of pyridine rings is 1. The number of carbonyl (C=O) groups is 2. The topological polar surface area (TPSA) is 78.0 Å². The summed E-state index contributed by atoms with van der Waals surface area (Å²) >= 11 is 0. The summed E-state index contributed by atoms with van der Waals surface area (Å²) in [5.74, 6) is -0.196. The Kier molecular flexibility index (Phi) is 9.26. The summed E-state index contributed by atoms with van der Waals surface area (Å²) in [6.07, 6.45) is 3.32. The monoisotopic (exact) mass is 559 g/mol. The number of ether oxygens (including phenoxy) is 1. The third-order valence-corrected chi connectivity index (χ3v) is 7.82. The van der Waals surface area contributed by atoms with Crippen molar-refractivity contribution in [3.8, 4) is 0 Å². The third-order valence-electron chi connectivity index (χ3n) is 7.82. The van der Waals surface area contributed by atoms with E-state index in [1.807, 2.05) is 16.0 Å². The van der Waals surface area contributed by atoms with Crippen LogP contribution in [0.15, 0.2) is 36.5 Å². The molecular weight excluding hydrogens is 521 g/mol. The number of carbonyl (C=O) groups excluding carboxylic acids is 2. The highest BCUT2D eigenvalue weighted by Crippen LogP contribution is 2.39. The van der Waals surface area contributed by atoms with Gasteiger partial charge in [0, 0.05) is 63.0 Å². The third kappa shape index (κ3) is 6.77. The number of halogens is 2. The Labute approximate surface area is 236 Å². The Morgan fingerprint density at radius 1 is 1.23 bits per heavy atom. The molecule has 0 bridgehead atoms. The molecule has 0 saturated carbocycles. The van der Waals surface area contributed by atoms with Gasteiger partial charge in [0.25, 0.3) is 0 Å². The number of hydrogen-bond donors (Lipinski definition) is 1. The summed E-state index contributed by atoms with van der Waals surface area (Å²) in [6, 6.07) is 8.86. The molecule has 39 heavy (non-hydrogen) atoms. The first kappa shape index (κ1) is 29.4. The van der Waals surface area contributed by atoms with Crippen LogP contribution in [0.5, 0.6) is 0 Å². The van der Waals surface area contributed by atoms with E-state index in [2.05, 4.69) is 37.1 Å². The molecule has 1 aromatic heterocycles. The number of aromatic nitrogens is 1. The van der Waals surface area contributed by atoms with Crippen LogP contribution in [-0.4, -0.2) is 91.2 Å². The zero-order valence-electron chi connectivity index (χ0n) is 23.0. The minimum absolute atomic E-state index is 0. The Morgan fingerprint density at radius 3 is 2.77 bits per heavy atom. The quantitative estimate of drug-likeness (QED) is 0.586. The van der Waals surface area contributed by atoms with Gasteiger partial charge in [0.15, 0.2) is 0 Å². The number of nitrogens with one attached hydrogen (secondary N) is 1. The average Bonchev–Trinajstić information content (AvgIpc) is 3.00. The van der Waals surface area contributed by atoms with Gasteiger partial charge in [0.2, 0.25) is 11.8 Å². The molecule has 2 aromatic rings. The van der Waals surface area contributed by atoms with Gasteiger partial charge in [-0.15, -0.1) is 12.4 Å². The van der Waals surface area contributed by atoms with Crippen molar-refractivity contribution < 1.29 is 18.7 Å². The maximum atomic E-state index is 13.8. The maximum Gasteiger partial charge on any atom is 0.248 e. The molecule has 2 fully saturated rings. The number of nitrogens with zero attached hydrogens (tertiary/aromatic N) is 4. The van der Waals surface area contributed by atoms with E-state index >= 15 is 0 Å². The van der Waals surface area contributed by atoms with Crippen molar-refractivity contribution in [1.29, 1.82) is 0 Å².